The Morgan fingerprint density at radius 1 is 1.22 bits per heavy atom. The first-order valence-electron chi connectivity index (χ1n) is 7.24. The van der Waals surface area contributed by atoms with Crippen molar-refractivity contribution in [3.8, 4) is 0 Å². The van der Waals surface area contributed by atoms with E-state index in [4.69, 9.17) is 5.73 Å². The Bertz CT molecular complexity index is 356. The maximum absolute atomic E-state index is 5.83. The van der Waals surface area contributed by atoms with E-state index >= 15 is 0 Å². The third kappa shape index (κ3) is 3.74. The van der Waals surface area contributed by atoms with Gasteiger partial charge < -0.3 is 10.6 Å². The predicted octanol–water partition coefficient (Wildman–Crippen LogP) is 3.20. The molecule has 0 radical (unpaired) electrons. The molecule has 1 heterocycles. The Balaban J connectivity index is 2.00. The van der Waals surface area contributed by atoms with Crippen LogP contribution in [-0.2, 0) is 6.42 Å². The van der Waals surface area contributed by atoms with Gasteiger partial charge in [0, 0.05) is 24.8 Å². The van der Waals surface area contributed by atoms with Crippen molar-refractivity contribution in [2.45, 2.75) is 45.6 Å². The molecule has 1 saturated heterocycles. The molecule has 0 spiro atoms. The van der Waals surface area contributed by atoms with Crippen molar-refractivity contribution in [2.24, 2.45) is 11.7 Å². The predicted molar refractivity (Wildman–Crippen MR) is 79.0 cm³/mol. The van der Waals surface area contributed by atoms with E-state index in [9.17, 15) is 0 Å². The highest BCUT2D eigenvalue weighted by Crippen LogP contribution is 2.22. The maximum atomic E-state index is 5.83. The van der Waals surface area contributed by atoms with Crippen molar-refractivity contribution in [3.63, 3.8) is 0 Å². The van der Waals surface area contributed by atoms with Gasteiger partial charge in [0.2, 0.25) is 0 Å². The van der Waals surface area contributed by atoms with Crippen LogP contribution < -0.4 is 10.6 Å². The highest BCUT2D eigenvalue weighted by Gasteiger charge is 2.13. The zero-order chi connectivity index (χ0) is 13.0. The minimum atomic E-state index is 0.245. The second kappa shape index (κ2) is 6.24. The van der Waals surface area contributed by atoms with Crippen molar-refractivity contribution in [1.29, 1.82) is 0 Å². The van der Waals surface area contributed by atoms with Crippen LogP contribution >= 0.6 is 0 Å². The van der Waals surface area contributed by atoms with E-state index in [0.717, 1.165) is 12.3 Å². The second-order valence-corrected chi connectivity index (χ2v) is 5.87. The molecule has 0 saturated carbocycles. The zero-order valence-corrected chi connectivity index (χ0v) is 11.7. The maximum Gasteiger partial charge on any atom is 0.0366 e. The Morgan fingerprint density at radius 3 is 2.61 bits per heavy atom. The SMILES string of the molecule is CC(N)Cc1ccc(N2CCCC(C)CC2)cc1. The largest absolute Gasteiger partial charge is 0.372 e. The Morgan fingerprint density at radius 2 is 1.94 bits per heavy atom. The van der Waals surface area contributed by atoms with Crippen LogP contribution in [-0.4, -0.2) is 19.1 Å². The Labute approximate surface area is 111 Å². The summed E-state index contributed by atoms with van der Waals surface area (Å²) in [5.74, 6) is 0.882. The standard InChI is InChI=1S/C16H26N2/c1-13-4-3-10-18(11-9-13)16-7-5-15(6-8-16)12-14(2)17/h5-8,13-14H,3-4,9-12,17H2,1-2H3. The van der Waals surface area contributed by atoms with E-state index in [1.165, 1.54) is 43.6 Å². The molecule has 0 aromatic heterocycles. The summed E-state index contributed by atoms with van der Waals surface area (Å²) in [7, 11) is 0. The fraction of sp³-hybridized carbons (Fsp3) is 0.625. The van der Waals surface area contributed by atoms with E-state index in [1.54, 1.807) is 0 Å². The number of anilines is 1. The zero-order valence-electron chi connectivity index (χ0n) is 11.7. The minimum Gasteiger partial charge on any atom is -0.372 e. The summed E-state index contributed by atoms with van der Waals surface area (Å²) < 4.78 is 0. The number of rotatable bonds is 3. The van der Waals surface area contributed by atoms with Gasteiger partial charge in [-0.1, -0.05) is 19.1 Å². The smallest absolute Gasteiger partial charge is 0.0366 e. The van der Waals surface area contributed by atoms with Gasteiger partial charge >= 0.3 is 0 Å². The minimum absolute atomic E-state index is 0.245. The quantitative estimate of drug-likeness (QED) is 0.887. The lowest BCUT2D eigenvalue weighted by molar-refractivity contribution is 0.521. The van der Waals surface area contributed by atoms with Crippen LogP contribution in [0.3, 0.4) is 0 Å². The highest BCUT2D eigenvalue weighted by atomic mass is 15.1. The van der Waals surface area contributed by atoms with E-state index < -0.39 is 0 Å². The first-order valence-corrected chi connectivity index (χ1v) is 7.24. The van der Waals surface area contributed by atoms with Crippen molar-refractivity contribution in [1.82, 2.24) is 0 Å². The lowest BCUT2D eigenvalue weighted by Crippen LogP contribution is -2.24. The second-order valence-electron chi connectivity index (χ2n) is 5.87. The van der Waals surface area contributed by atoms with Gasteiger partial charge in [-0.15, -0.1) is 0 Å². The summed E-state index contributed by atoms with van der Waals surface area (Å²) in [6.45, 7) is 6.84. The molecule has 0 amide bonds. The Hall–Kier alpha value is -1.02. The molecule has 2 heteroatoms. The molecule has 2 N–H and O–H groups in total. The summed E-state index contributed by atoms with van der Waals surface area (Å²) in [6.07, 6.45) is 4.99. The fourth-order valence-corrected chi connectivity index (χ4v) is 2.74. The van der Waals surface area contributed by atoms with Crippen molar-refractivity contribution in [3.05, 3.63) is 29.8 Å². The van der Waals surface area contributed by atoms with Gasteiger partial charge in [0.05, 0.1) is 0 Å². The number of nitrogens with zero attached hydrogens (tertiary/aromatic N) is 1. The average molecular weight is 246 g/mol. The van der Waals surface area contributed by atoms with Crippen molar-refractivity contribution < 1.29 is 0 Å². The molecular formula is C16H26N2. The molecule has 1 aromatic carbocycles. The molecule has 2 rings (SSSR count). The summed E-state index contributed by atoms with van der Waals surface area (Å²) in [6, 6.07) is 9.22. The highest BCUT2D eigenvalue weighted by molar-refractivity contribution is 5.47. The average Bonchev–Trinajstić information content (AvgIpc) is 2.54. The number of benzene rings is 1. The molecule has 1 fully saturated rings. The van der Waals surface area contributed by atoms with E-state index in [1.807, 2.05) is 0 Å². The van der Waals surface area contributed by atoms with Crippen LogP contribution in [0.1, 0.15) is 38.7 Å². The lowest BCUT2D eigenvalue weighted by Gasteiger charge is -2.23. The first kappa shape index (κ1) is 13.4. The van der Waals surface area contributed by atoms with Gasteiger partial charge in [-0.3, -0.25) is 0 Å². The van der Waals surface area contributed by atoms with Crippen LogP contribution in [0.4, 0.5) is 5.69 Å². The van der Waals surface area contributed by atoms with Crippen LogP contribution in [0, 0.1) is 5.92 Å². The van der Waals surface area contributed by atoms with Gasteiger partial charge in [0.15, 0.2) is 0 Å². The molecule has 2 unspecified atom stereocenters. The number of nitrogens with two attached hydrogens (primary N) is 1. The fourth-order valence-electron chi connectivity index (χ4n) is 2.74. The molecule has 0 bridgehead atoms. The monoisotopic (exact) mass is 246 g/mol. The summed E-state index contributed by atoms with van der Waals surface area (Å²) in [5, 5.41) is 0. The molecule has 1 aromatic rings. The van der Waals surface area contributed by atoms with Gasteiger partial charge in [-0.25, -0.2) is 0 Å². The van der Waals surface area contributed by atoms with Crippen LogP contribution in [0.15, 0.2) is 24.3 Å². The van der Waals surface area contributed by atoms with E-state index in [2.05, 4.69) is 43.0 Å². The van der Waals surface area contributed by atoms with Gasteiger partial charge in [-0.05, 0) is 56.2 Å². The number of hydrogen-bond donors (Lipinski definition) is 1. The van der Waals surface area contributed by atoms with Gasteiger partial charge in [-0.2, -0.15) is 0 Å². The molecule has 18 heavy (non-hydrogen) atoms. The first-order chi connectivity index (χ1) is 8.65. The summed E-state index contributed by atoms with van der Waals surface area (Å²) in [5.41, 5.74) is 8.55. The topological polar surface area (TPSA) is 29.3 Å². The van der Waals surface area contributed by atoms with Gasteiger partial charge in [0.25, 0.3) is 0 Å². The third-order valence-corrected chi connectivity index (χ3v) is 3.88. The molecule has 1 aliphatic heterocycles. The Kier molecular flexibility index (Phi) is 4.65. The molecule has 100 valence electrons. The van der Waals surface area contributed by atoms with E-state index in [-0.39, 0.29) is 6.04 Å². The van der Waals surface area contributed by atoms with Crippen LogP contribution in [0.25, 0.3) is 0 Å². The van der Waals surface area contributed by atoms with Gasteiger partial charge in [0.1, 0.15) is 0 Å². The van der Waals surface area contributed by atoms with Crippen LogP contribution in [0.5, 0.6) is 0 Å². The lowest BCUT2D eigenvalue weighted by atomic mass is 10.0. The molecule has 2 nitrogen and oxygen atoms in total. The summed E-state index contributed by atoms with van der Waals surface area (Å²) in [4.78, 5) is 2.53. The van der Waals surface area contributed by atoms with Crippen molar-refractivity contribution >= 4 is 5.69 Å². The third-order valence-electron chi connectivity index (χ3n) is 3.88. The van der Waals surface area contributed by atoms with Crippen LogP contribution in [0.2, 0.25) is 0 Å². The molecular weight excluding hydrogens is 220 g/mol. The molecule has 1 aliphatic rings. The normalized spacial score (nSPS) is 22.6. The van der Waals surface area contributed by atoms with E-state index in [0.29, 0.717) is 0 Å². The molecule has 2 atom stereocenters. The molecule has 0 aliphatic carbocycles. The summed E-state index contributed by atoms with van der Waals surface area (Å²) >= 11 is 0. The van der Waals surface area contributed by atoms with Crippen molar-refractivity contribution in [2.75, 3.05) is 18.0 Å². The number of hydrogen-bond acceptors (Lipinski definition) is 2.